The fourth-order valence-electron chi connectivity index (χ4n) is 1.53. The van der Waals surface area contributed by atoms with Crippen molar-refractivity contribution in [3.05, 3.63) is 27.9 Å². The van der Waals surface area contributed by atoms with Crippen molar-refractivity contribution in [3.8, 4) is 10.6 Å². The van der Waals surface area contributed by atoms with E-state index in [9.17, 15) is 4.79 Å². The fourth-order valence-corrected chi connectivity index (χ4v) is 2.92. The third-order valence-electron chi connectivity index (χ3n) is 2.38. The van der Waals surface area contributed by atoms with Crippen LogP contribution in [-0.2, 0) is 4.79 Å². The van der Waals surface area contributed by atoms with Crippen LogP contribution in [-0.4, -0.2) is 21.0 Å². The molecule has 0 radical (unpaired) electrons. The van der Waals surface area contributed by atoms with Crippen molar-refractivity contribution in [2.45, 2.75) is 19.3 Å². The maximum absolute atomic E-state index is 10.6. The molecule has 0 saturated carbocycles. The number of imidazole rings is 1. The number of hydrogen-bond donors (Lipinski definition) is 2. The first-order valence-electron chi connectivity index (χ1n) is 5.07. The molecular formula is C11H11BrN2O2S. The molecule has 0 bridgehead atoms. The summed E-state index contributed by atoms with van der Waals surface area (Å²) < 4.78 is 1.03. The number of H-pyrrole nitrogens is 1. The van der Waals surface area contributed by atoms with Crippen molar-refractivity contribution in [1.82, 2.24) is 9.97 Å². The smallest absolute Gasteiger partial charge is 0.304 e. The molecule has 17 heavy (non-hydrogen) atoms. The molecule has 0 spiro atoms. The van der Waals surface area contributed by atoms with Gasteiger partial charge < -0.3 is 10.1 Å². The Kier molecular flexibility index (Phi) is 3.63. The molecule has 2 N–H and O–H groups in total. The Morgan fingerprint density at radius 2 is 2.47 bits per heavy atom. The number of rotatable bonds is 4. The summed E-state index contributed by atoms with van der Waals surface area (Å²) in [6, 6.07) is 2.00. The number of aromatic amines is 1. The summed E-state index contributed by atoms with van der Waals surface area (Å²) in [5.74, 6) is -0.203. The molecule has 1 atom stereocenters. The van der Waals surface area contributed by atoms with Gasteiger partial charge in [0.15, 0.2) is 0 Å². The molecule has 6 heteroatoms. The summed E-state index contributed by atoms with van der Waals surface area (Å²) in [7, 11) is 0. The zero-order chi connectivity index (χ0) is 12.4. The number of aromatic nitrogens is 2. The highest BCUT2D eigenvalue weighted by atomic mass is 79.9. The Morgan fingerprint density at radius 3 is 3.06 bits per heavy atom. The molecule has 0 aliphatic heterocycles. The molecule has 0 aliphatic rings. The number of nitrogens with one attached hydrogen (secondary N) is 1. The Bertz CT molecular complexity index is 535. The second-order valence-corrected chi connectivity index (χ2v) is 5.64. The van der Waals surface area contributed by atoms with Crippen molar-refractivity contribution < 1.29 is 9.90 Å². The Hall–Kier alpha value is -1.14. The van der Waals surface area contributed by atoms with Crippen LogP contribution in [0.4, 0.5) is 0 Å². The lowest BCUT2D eigenvalue weighted by Crippen LogP contribution is -2.04. The van der Waals surface area contributed by atoms with Crippen LogP contribution in [0.25, 0.3) is 10.6 Å². The van der Waals surface area contributed by atoms with Gasteiger partial charge >= 0.3 is 5.97 Å². The number of carbonyl (C=O) groups is 1. The van der Waals surface area contributed by atoms with E-state index in [0.717, 1.165) is 15.0 Å². The van der Waals surface area contributed by atoms with Gasteiger partial charge in [-0.3, -0.25) is 4.79 Å². The number of carboxylic acid groups (broad SMARTS) is 1. The van der Waals surface area contributed by atoms with Crippen LogP contribution in [0.2, 0.25) is 0 Å². The first-order valence-corrected chi connectivity index (χ1v) is 6.74. The zero-order valence-corrected chi connectivity index (χ0v) is 11.5. The molecule has 0 aliphatic carbocycles. The van der Waals surface area contributed by atoms with Gasteiger partial charge in [-0.1, -0.05) is 6.92 Å². The van der Waals surface area contributed by atoms with Gasteiger partial charge in [0.05, 0.1) is 23.2 Å². The second-order valence-electron chi connectivity index (χ2n) is 3.81. The average molecular weight is 315 g/mol. The molecule has 0 saturated heterocycles. The van der Waals surface area contributed by atoms with E-state index in [-0.39, 0.29) is 12.3 Å². The summed E-state index contributed by atoms with van der Waals surface area (Å²) in [6.07, 6.45) is 1.83. The molecule has 0 amide bonds. The van der Waals surface area contributed by atoms with Gasteiger partial charge in [-0.15, -0.1) is 11.3 Å². The molecule has 0 fully saturated rings. The number of halogens is 1. The highest BCUT2D eigenvalue weighted by Crippen LogP contribution is 2.29. The number of aliphatic carboxylic acids is 1. The largest absolute Gasteiger partial charge is 0.481 e. The van der Waals surface area contributed by atoms with Crippen LogP contribution < -0.4 is 0 Å². The third-order valence-corrected chi connectivity index (χ3v) is 4.10. The van der Waals surface area contributed by atoms with Crippen LogP contribution in [0.15, 0.2) is 22.1 Å². The Labute approximate surface area is 111 Å². The second kappa shape index (κ2) is 5.01. The first-order chi connectivity index (χ1) is 8.06. The van der Waals surface area contributed by atoms with Crippen molar-refractivity contribution in [1.29, 1.82) is 0 Å². The molecule has 2 heterocycles. The predicted octanol–water partition coefficient (Wildman–Crippen LogP) is 3.48. The van der Waals surface area contributed by atoms with E-state index in [2.05, 4.69) is 25.9 Å². The van der Waals surface area contributed by atoms with E-state index in [0.29, 0.717) is 5.82 Å². The Balaban J connectivity index is 2.18. The van der Waals surface area contributed by atoms with Crippen LogP contribution in [0.1, 0.15) is 25.1 Å². The third kappa shape index (κ3) is 2.95. The number of carboxylic acids is 1. The maximum atomic E-state index is 10.6. The quantitative estimate of drug-likeness (QED) is 0.908. The van der Waals surface area contributed by atoms with Crippen molar-refractivity contribution in [2.75, 3.05) is 0 Å². The van der Waals surface area contributed by atoms with Crippen LogP contribution in [0.5, 0.6) is 0 Å². The van der Waals surface area contributed by atoms with Crippen molar-refractivity contribution in [3.63, 3.8) is 0 Å². The van der Waals surface area contributed by atoms with E-state index in [1.165, 1.54) is 0 Å². The average Bonchev–Trinajstić information content (AvgIpc) is 2.84. The molecule has 2 aromatic rings. The summed E-state index contributed by atoms with van der Waals surface area (Å²) in [5.41, 5.74) is 0.924. The van der Waals surface area contributed by atoms with Gasteiger partial charge in [0.25, 0.3) is 0 Å². The van der Waals surface area contributed by atoms with E-state index >= 15 is 0 Å². The normalized spacial score (nSPS) is 12.6. The van der Waals surface area contributed by atoms with Crippen LogP contribution in [0.3, 0.4) is 0 Å². The molecule has 90 valence electrons. The van der Waals surface area contributed by atoms with Gasteiger partial charge in [-0.2, -0.15) is 0 Å². The predicted molar refractivity (Wildman–Crippen MR) is 70.3 cm³/mol. The molecule has 2 rings (SSSR count). The number of thiophene rings is 1. The monoisotopic (exact) mass is 314 g/mol. The lowest BCUT2D eigenvalue weighted by atomic mass is 10.1. The zero-order valence-electron chi connectivity index (χ0n) is 9.11. The summed E-state index contributed by atoms with van der Waals surface area (Å²) in [6.45, 7) is 1.85. The number of nitrogens with zero attached hydrogens (tertiary/aromatic N) is 1. The van der Waals surface area contributed by atoms with E-state index < -0.39 is 5.97 Å². The number of hydrogen-bond acceptors (Lipinski definition) is 3. The van der Waals surface area contributed by atoms with E-state index in [1.807, 2.05) is 18.4 Å². The summed E-state index contributed by atoms with van der Waals surface area (Å²) in [4.78, 5) is 19.1. The van der Waals surface area contributed by atoms with Gasteiger partial charge in [-0.25, -0.2) is 4.98 Å². The van der Waals surface area contributed by atoms with E-state index in [1.54, 1.807) is 17.5 Å². The molecular weight excluding hydrogens is 304 g/mol. The lowest BCUT2D eigenvalue weighted by molar-refractivity contribution is -0.137. The van der Waals surface area contributed by atoms with Gasteiger partial charge in [0.2, 0.25) is 0 Å². The highest BCUT2D eigenvalue weighted by Gasteiger charge is 2.14. The van der Waals surface area contributed by atoms with Crippen LogP contribution in [0, 0.1) is 0 Å². The maximum Gasteiger partial charge on any atom is 0.304 e. The lowest BCUT2D eigenvalue weighted by Gasteiger charge is -2.03. The topological polar surface area (TPSA) is 66.0 Å². The summed E-state index contributed by atoms with van der Waals surface area (Å²) >= 11 is 5.00. The first kappa shape index (κ1) is 12.3. The van der Waals surface area contributed by atoms with Crippen LogP contribution >= 0.6 is 27.3 Å². The fraction of sp³-hybridized carbons (Fsp3) is 0.273. The molecule has 1 unspecified atom stereocenters. The van der Waals surface area contributed by atoms with Gasteiger partial charge in [0, 0.05) is 15.8 Å². The minimum Gasteiger partial charge on any atom is -0.481 e. The summed E-state index contributed by atoms with van der Waals surface area (Å²) in [5, 5.41) is 10.7. The highest BCUT2D eigenvalue weighted by molar-refractivity contribution is 9.10. The standard InChI is InChI=1S/C11H11BrN2O2S/c1-6(2-10(15)16)11-13-4-8(14-11)9-3-7(12)5-17-9/h3-6H,2H2,1H3,(H,13,14)(H,15,16). The van der Waals surface area contributed by atoms with Crippen molar-refractivity contribution >= 4 is 33.2 Å². The molecule has 2 aromatic heterocycles. The molecule has 4 nitrogen and oxygen atoms in total. The minimum absolute atomic E-state index is 0.0844. The van der Waals surface area contributed by atoms with Crippen molar-refractivity contribution in [2.24, 2.45) is 0 Å². The SMILES string of the molecule is CC(CC(=O)O)c1ncc(-c2cc(Br)cs2)[nH]1. The Morgan fingerprint density at radius 1 is 1.71 bits per heavy atom. The van der Waals surface area contributed by atoms with Gasteiger partial charge in [-0.05, 0) is 22.0 Å². The van der Waals surface area contributed by atoms with E-state index in [4.69, 9.17) is 5.11 Å². The van der Waals surface area contributed by atoms with Gasteiger partial charge in [0.1, 0.15) is 5.82 Å². The molecule has 0 aromatic carbocycles. The minimum atomic E-state index is -0.811.